The quantitative estimate of drug-likeness (QED) is 0.492. The van der Waals surface area contributed by atoms with E-state index in [0.29, 0.717) is 0 Å². The van der Waals surface area contributed by atoms with Gasteiger partial charge in [-0.15, -0.1) is 0 Å². The summed E-state index contributed by atoms with van der Waals surface area (Å²) in [5, 5.41) is 6.49. The average molecular weight is 380 g/mol. The highest BCUT2D eigenvalue weighted by molar-refractivity contribution is 14.1. The van der Waals surface area contributed by atoms with Gasteiger partial charge in [0.2, 0.25) is 0 Å². The Kier molecular flexibility index (Phi) is 5.55. The first-order valence-electron chi connectivity index (χ1n) is 6.00. The minimum atomic E-state index is -0.239. The molecule has 1 N–H and O–H groups in total. The monoisotopic (exact) mass is 380 g/mol. The van der Waals surface area contributed by atoms with Crippen molar-refractivity contribution < 1.29 is 9.63 Å². The summed E-state index contributed by atoms with van der Waals surface area (Å²) in [5.41, 5.74) is 1.67. The molecule has 0 unspecified atom stereocenters. The van der Waals surface area contributed by atoms with Gasteiger partial charge in [0.05, 0.1) is 6.21 Å². The molecule has 2 aromatic carbocycles. The number of anilines is 1. The van der Waals surface area contributed by atoms with Gasteiger partial charge in [0.15, 0.2) is 6.61 Å². The van der Waals surface area contributed by atoms with Crippen molar-refractivity contribution in [3.05, 3.63) is 63.7 Å². The van der Waals surface area contributed by atoms with E-state index < -0.39 is 0 Å². The van der Waals surface area contributed by atoms with Crippen LogP contribution in [0.5, 0.6) is 0 Å². The van der Waals surface area contributed by atoms with Crippen molar-refractivity contribution in [2.75, 3.05) is 11.9 Å². The first kappa shape index (κ1) is 14.5. The molecule has 2 aromatic rings. The molecule has 2 rings (SSSR count). The van der Waals surface area contributed by atoms with E-state index >= 15 is 0 Å². The minimum Gasteiger partial charge on any atom is -0.386 e. The van der Waals surface area contributed by atoms with Gasteiger partial charge >= 0.3 is 0 Å². The van der Waals surface area contributed by atoms with Crippen LogP contribution in [0, 0.1) is 3.57 Å². The van der Waals surface area contributed by atoms with Gasteiger partial charge in [-0.2, -0.15) is 0 Å². The topological polar surface area (TPSA) is 50.7 Å². The minimum absolute atomic E-state index is 0.116. The van der Waals surface area contributed by atoms with Crippen molar-refractivity contribution in [1.82, 2.24) is 0 Å². The van der Waals surface area contributed by atoms with Crippen LogP contribution >= 0.6 is 22.6 Å². The first-order chi connectivity index (χ1) is 9.74. The van der Waals surface area contributed by atoms with E-state index in [-0.39, 0.29) is 12.5 Å². The molecule has 1 amide bonds. The van der Waals surface area contributed by atoms with Crippen molar-refractivity contribution in [2.24, 2.45) is 5.16 Å². The Morgan fingerprint density at radius 3 is 2.75 bits per heavy atom. The van der Waals surface area contributed by atoms with Crippen molar-refractivity contribution in [3.8, 4) is 0 Å². The first-order valence-corrected chi connectivity index (χ1v) is 7.08. The number of oxime groups is 1. The molecule has 0 aliphatic rings. The molecular weight excluding hydrogens is 367 g/mol. The molecule has 0 heterocycles. The Balaban J connectivity index is 1.77. The number of hydrogen-bond donors (Lipinski definition) is 1. The standard InChI is InChI=1S/C15H13IN2O2/c16-13-7-4-8-14(9-13)18-15(19)11-20-17-10-12-5-2-1-3-6-12/h1-10H,11H2,(H,18,19)/b17-10+. The Hall–Kier alpha value is -1.89. The van der Waals surface area contributed by atoms with Crippen LogP contribution in [0.25, 0.3) is 0 Å². The third kappa shape index (κ3) is 5.00. The van der Waals surface area contributed by atoms with Crippen molar-refractivity contribution >= 4 is 40.4 Å². The molecular formula is C15H13IN2O2. The molecule has 0 aliphatic heterocycles. The zero-order chi connectivity index (χ0) is 14.2. The number of hydrogen-bond acceptors (Lipinski definition) is 3. The van der Waals surface area contributed by atoms with Gasteiger partial charge < -0.3 is 10.2 Å². The molecule has 4 nitrogen and oxygen atoms in total. The fourth-order valence-electron chi connectivity index (χ4n) is 1.50. The van der Waals surface area contributed by atoms with Gasteiger partial charge in [0.25, 0.3) is 5.91 Å². The summed E-state index contributed by atoms with van der Waals surface area (Å²) in [4.78, 5) is 16.6. The van der Waals surface area contributed by atoms with Crippen LogP contribution in [0.1, 0.15) is 5.56 Å². The fraction of sp³-hybridized carbons (Fsp3) is 0.0667. The van der Waals surface area contributed by atoms with E-state index in [2.05, 4.69) is 33.1 Å². The van der Waals surface area contributed by atoms with Crippen LogP contribution < -0.4 is 5.32 Å². The van der Waals surface area contributed by atoms with E-state index in [1.165, 1.54) is 0 Å². The molecule has 0 radical (unpaired) electrons. The van der Waals surface area contributed by atoms with E-state index in [0.717, 1.165) is 14.8 Å². The zero-order valence-electron chi connectivity index (χ0n) is 10.6. The van der Waals surface area contributed by atoms with Gasteiger partial charge in [0.1, 0.15) is 0 Å². The van der Waals surface area contributed by atoms with Gasteiger partial charge in [-0.1, -0.05) is 41.6 Å². The summed E-state index contributed by atoms with van der Waals surface area (Å²) in [5.74, 6) is -0.239. The lowest BCUT2D eigenvalue weighted by atomic mass is 10.2. The maximum absolute atomic E-state index is 11.6. The molecule has 0 fully saturated rings. The van der Waals surface area contributed by atoms with Gasteiger partial charge in [-0.25, -0.2) is 0 Å². The van der Waals surface area contributed by atoms with E-state index in [4.69, 9.17) is 4.84 Å². The molecule has 102 valence electrons. The summed E-state index contributed by atoms with van der Waals surface area (Å²) in [7, 11) is 0. The Bertz CT molecular complexity index is 600. The summed E-state index contributed by atoms with van der Waals surface area (Å²) >= 11 is 2.19. The molecule has 0 aromatic heterocycles. The third-order valence-corrected chi connectivity index (χ3v) is 3.05. The number of rotatable bonds is 5. The molecule has 0 spiro atoms. The molecule has 0 atom stereocenters. The van der Waals surface area contributed by atoms with E-state index in [1.54, 1.807) is 6.21 Å². The third-order valence-electron chi connectivity index (χ3n) is 2.38. The average Bonchev–Trinajstić information content (AvgIpc) is 2.45. The SMILES string of the molecule is O=C(CO/N=C/c1ccccc1)Nc1cccc(I)c1. The lowest BCUT2D eigenvalue weighted by Gasteiger charge is -2.04. The number of benzene rings is 2. The van der Waals surface area contributed by atoms with Crippen LogP contribution in [0.2, 0.25) is 0 Å². The molecule has 0 saturated carbocycles. The number of amides is 1. The molecule has 20 heavy (non-hydrogen) atoms. The van der Waals surface area contributed by atoms with Crippen LogP contribution in [0.3, 0.4) is 0 Å². The molecule has 0 bridgehead atoms. The van der Waals surface area contributed by atoms with Crippen LogP contribution in [0.15, 0.2) is 59.8 Å². The summed E-state index contributed by atoms with van der Waals surface area (Å²) < 4.78 is 1.06. The molecule has 0 aliphatic carbocycles. The Morgan fingerprint density at radius 2 is 2.00 bits per heavy atom. The molecule has 0 saturated heterocycles. The highest BCUT2D eigenvalue weighted by Gasteiger charge is 2.02. The highest BCUT2D eigenvalue weighted by atomic mass is 127. The zero-order valence-corrected chi connectivity index (χ0v) is 12.8. The van der Waals surface area contributed by atoms with Crippen LogP contribution in [0.4, 0.5) is 5.69 Å². The van der Waals surface area contributed by atoms with Crippen LogP contribution in [-0.4, -0.2) is 18.7 Å². The van der Waals surface area contributed by atoms with Crippen molar-refractivity contribution in [1.29, 1.82) is 0 Å². The van der Waals surface area contributed by atoms with Gasteiger partial charge in [-0.3, -0.25) is 4.79 Å². The second-order valence-electron chi connectivity index (χ2n) is 3.98. The predicted octanol–water partition coefficient (Wildman–Crippen LogP) is 3.28. The Labute approximate surface area is 131 Å². The lowest BCUT2D eigenvalue weighted by molar-refractivity contribution is -0.120. The second-order valence-corrected chi connectivity index (χ2v) is 5.22. The number of halogens is 1. The van der Waals surface area contributed by atoms with E-state index in [1.807, 2.05) is 54.6 Å². The number of carbonyl (C=O) groups is 1. The fourth-order valence-corrected chi connectivity index (χ4v) is 2.04. The highest BCUT2D eigenvalue weighted by Crippen LogP contribution is 2.12. The number of carbonyl (C=O) groups excluding carboxylic acids is 1. The maximum Gasteiger partial charge on any atom is 0.265 e. The Morgan fingerprint density at radius 1 is 1.20 bits per heavy atom. The smallest absolute Gasteiger partial charge is 0.265 e. The lowest BCUT2D eigenvalue weighted by Crippen LogP contribution is -2.16. The number of nitrogens with zero attached hydrogens (tertiary/aromatic N) is 1. The van der Waals surface area contributed by atoms with E-state index in [9.17, 15) is 4.79 Å². The largest absolute Gasteiger partial charge is 0.386 e. The predicted molar refractivity (Wildman–Crippen MR) is 87.8 cm³/mol. The normalized spacial score (nSPS) is 10.4. The summed E-state index contributed by atoms with van der Waals surface area (Å²) in [6, 6.07) is 17.1. The second kappa shape index (κ2) is 7.64. The van der Waals surface area contributed by atoms with Crippen molar-refractivity contribution in [3.63, 3.8) is 0 Å². The number of nitrogens with one attached hydrogen (secondary N) is 1. The maximum atomic E-state index is 11.6. The summed E-state index contributed by atoms with van der Waals surface area (Å²) in [6.07, 6.45) is 1.57. The van der Waals surface area contributed by atoms with Gasteiger partial charge in [-0.05, 0) is 46.4 Å². The van der Waals surface area contributed by atoms with Gasteiger partial charge in [0, 0.05) is 9.26 Å². The molecule has 5 heteroatoms. The summed E-state index contributed by atoms with van der Waals surface area (Å²) in [6.45, 7) is -0.116. The van der Waals surface area contributed by atoms with Crippen LogP contribution in [-0.2, 0) is 9.63 Å². The van der Waals surface area contributed by atoms with Crippen molar-refractivity contribution in [2.45, 2.75) is 0 Å².